The second kappa shape index (κ2) is 8.90. The molecular weight excluding hydrogens is 352 g/mol. The van der Waals surface area contributed by atoms with Crippen molar-refractivity contribution in [2.75, 3.05) is 25.1 Å². The van der Waals surface area contributed by atoms with E-state index in [1.165, 1.54) is 0 Å². The van der Waals surface area contributed by atoms with E-state index in [1.807, 2.05) is 74.5 Å². The van der Waals surface area contributed by atoms with Gasteiger partial charge in [-0.15, -0.1) is 0 Å². The quantitative estimate of drug-likeness (QED) is 0.382. The summed E-state index contributed by atoms with van der Waals surface area (Å²) in [5.41, 5.74) is 11.8. The standard InChI is InChI=1S/C22H24N4O2/c1-15-5-7-19(13-21(15)27-3)25-23-17-9-11-18(12-10-17)24-26-20-8-6-16(2)22(14-20)28-4/h5-14,23,25H,1-4H3. The van der Waals surface area contributed by atoms with E-state index in [1.54, 1.807) is 14.2 Å². The van der Waals surface area contributed by atoms with Gasteiger partial charge < -0.3 is 20.3 Å². The minimum absolute atomic E-state index is 0.750. The summed E-state index contributed by atoms with van der Waals surface area (Å²) in [6, 6.07) is 19.3. The lowest BCUT2D eigenvalue weighted by Crippen LogP contribution is -2.08. The highest BCUT2D eigenvalue weighted by atomic mass is 16.5. The molecule has 2 N–H and O–H groups in total. The van der Waals surface area contributed by atoms with Gasteiger partial charge in [0, 0.05) is 12.1 Å². The molecule has 6 heteroatoms. The number of hydrazine groups is 1. The molecule has 0 aliphatic heterocycles. The number of azo groups is 1. The Morgan fingerprint density at radius 2 is 1.11 bits per heavy atom. The van der Waals surface area contributed by atoms with Crippen LogP contribution in [0.2, 0.25) is 0 Å². The Morgan fingerprint density at radius 1 is 0.607 bits per heavy atom. The van der Waals surface area contributed by atoms with Crippen LogP contribution in [-0.2, 0) is 0 Å². The van der Waals surface area contributed by atoms with Crippen LogP contribution in [0.1, 0.15) is 11.1 Å². The third kappa shape index (κ3) is 4.79. The molecule has 3 rings (SSSR count). The molecule has 144 valence electrons. The van der Waals surface area contributed by atoms with Crippen LogP contribution in [0.25, 0.3) is 0 Å². The summed E-state index contributed by atoms with van der Waals surface area (Å²) in [5, 5.41) is 8.55. The smallest absolute Gasteiger partial charge is 0.123 e. The van der Waals surface area contributed by atoms with E-state index in [4.69, 9.17) is 9.47 Å². The van der Waals surface area contributed by atoms with E-state index in [-0.39, 0.29) is 0 Å². The first-order chi connectivity index (χ1) is 13.6. The van der Waals surface area contributed by atoms with E-state index in [0.29, 0.717) is 0 Å². The van der Waals surface area contributed by atoms with Gasteiger partial charge in [-0.25, -0.2) is 0 Å². The van der Waals surface area contributed by atoms with Gasteiger partial charge in [0.2, 0.25) is 0 Å². The van der Waals surface area contributed by atoms with Crippen LogP contribution in [0.15, 0.2) is 70.9 Å². The highest BCUT2D eigenvalue weighted by Crippen LogP contribution is 2.26. The van der Waals surface area contributed by atoms with Gasteiger partial charge in [0.05, 0.1) is 37.0 Å². The zero-order valence-corrected chi connectivity index (χ0v) is 16.5. The van der Waals surface area contributed by atoms with Gasteiger partial charge in [0.25, 0.3) is 0 Å². The Morgan fingerprint density at radius 3 is 1.79 bits per heavy atom. The number of anilines is 2. The largest absolute Gasteiger partial charge is 0.496 e. The van der Waals surface area contributed by atoms with E-state index >= 15 is 0 Å². The molecule has 0 unspecified atom stereocenters. The number of ether oxygens (including phenoxy) is 2. The first-order valence-electron chi connectivity index (χ1n) is 8.92. The van der Waals surface area contributed by atoms with Crippen LogP contribution in [0.5, 0.6) is 11.5 Å². The first kappa shape index (κ1) is 19.2. The van der Waals surface area contributed by atoms with Crippen molar-refractivity contribution in [1.29, 1.82) is 0 Å². The Bertz CT molecular complexity index is 969. The van der Waals surface area contributed by atoms with Crippen LogP contribution >= 0.6 is 0 Å². The minimum Gasteiger partial charge on any atom is -0.496 e. The van der Waals surface area contributed by atoms with Crippen LogP contribution in [0.4, 0.5) is 22.7 Å². The summed E-state index contributed by atoms with van der Waals surface area (Å²) in [5.74, 6) is 1.64. The molecule has 0 heterocycles. The van der Waals surface area contributed by atoms with Crippen molar-refractivity contribution >= 4 is 22.7 Å². The zero-order valence-electron chi connectivity index (χ0n) is 16.5. The molecule has 0 aliphatic rings. The van der Waals surface area contributed by atoms with Crippen LogP contribution in [-0.4, -0.2) is 14.2 Å². The van der Waals surface area contributed by atoms with Gasteiger partial charge in [-0.2, -0.15) is 10.2 Å². The fraction of sp³-hybridized carbons (Fsp3) is 0.182. The molecule has 0 saturated carbocycles. The van der Waals surface area contributed by atoms with Crippen molar-refractivity contribution in [1.82, 2.24) is 0 Å². The Kier molecular flexibility index (Phi) is 6.11. The molecule has 28 heavy (non-hydrogen) atoms. The molecule has 0 fully saturated rings. The zero-order chi connectivity index (χ0) is 19.9. The second-order valence-corrected chi connectivity index (χ2v) is 6.34. The van der Waals surface area contributed by atoms with Crippen molar-refractivity contribution in [3.05, 3.63) is 71.8 Å². The maximum atomic E-state index is 5.34. The molecular formula is C22H24N4O2. The molecule has 6 nitrogen and oxygen atoms in total. The van der Waals surface area contributed by atoms with E-state index in [2.05, 4.69) is 21.1 Å². The highest BCUT2D eigenvalue weighted by Gasteiger charge is 2.01. The van der Waals surface area contributed by atoms with Gasteiger partial charge in [0.15, 0.2) is 0 Å². The van der Waals surface area contributed by atoms with Crippen molar-refractivity contribution < 1.29 is 9.47 Å². The van der Waals surface area contributed by atoms with Crippen molar-refractivity contribution in [3.63, 3.8) is 0 Å². The molecule has 0 saturated heterocycles. The van der Waals surface area contributed by atoms with Gasteiger partial charge in [0.1, 0.15) is 11.5 Å². The summed E-state index contributed by atoms with van der Waals surface area (Å²) >= 11 is 0. The topological polar surface area (TPSA) is 67.2 Å². The number of methoxy groups -OCH3 is 2. The van der Waals surface area contributed by atoms with Crippen LogP contribution < -0.4 is 20.3 Å². The van der Waals surface area contributed by atoms with E-state index in [0.717, 1.165) is 45.4 Å². The molecule has 3 aromatic carbocycles. The van der Waals surface area contributed by atoms with Crippen molar-refractivity contribution in [2.24, 2.45) is 10.2 Å². The number of rotatable bonds is 7. The monoisotopic (exact) mass is 376 g/mol. The van der Waals surface area contributed by atoms with Crippen molar-refractivity contribution in [3.8, 4) is 11.5 Å². The molecule has 0 radical (unpaired) electrons. The summed E-state index contributed by atoms with van der Waals surface area (Å²) in [6.07, 6.45) is 0. The average molecular weight is 376 g/mol. The third-order valence-corrected chi connectivity index (χ3v) is 4.30. The minimum atomic E-state index is 0.750. The number of hydrogen-bond donors (Lipinski definition) is 2. The fourth-order valence-corrected chi connectivity index (χ4v) is 2.64. The molecule has 0 atom stereocenters. The predicted octanol–water partition coefficient (Wildman–Crippen LogP) is 6.18. The Hall–Kier alpha value is -3.54. The van der Waals surface area contributed by atoms with E-state index < -0.39 is 0 Å². The average Bonchev–Trinajstić information content (AvgIpc) is 2.73. The summed E-state index contributed by atoms with van der Waals surface area (Å²) < 4.78 is 10.7. The lowest BCUT2D eigenvalue weighted by molar-refractivity contribution is 0.412. The van der Waals surface area contributed by atoms with Gasteiger partial charge in [-0.1, -0.05) is 12.1 Å². The van der Waals surface area contributed by atoms with Gasteiger partial charge >= 0.3 is 0 Å². The molecule has 0 aromatic heterocycles. The number of nitrogens with zero attached hydrogens (tertiary/aromatic N) is 2. The Labute approximate surface area is 165 Å². The van der Waals surface area contributed by atoms with Crippen LogP contribution in [0.3, 0.4) is 0 Å². The molecule has 0 spiro atoms. The van der Waals surface area contributed by atoms with Gasteiger partial charge in [-0.05, 0) is 61.4 Å². The predicted molar refractivity (Wildman–Crippen MR) is 113 cm³/mol. The maximum Gasteiger partial charge on any atom is 0.123 e. The summed E-state index contributed by atoms with van der Waals surface area (Å²) in [4.78, 5) is 0. The SMILES string of the molecule is COc1cc(N=Nc2ccc(NNc3ccc(C)c(OC)c3)cc2)ccc1C. The van der Waals surface area contributed by atoms with Crippen LogP contribution in [0, 0.1) is 13.8 Å². The maximum absolute atomic E-state index is 5.34. The number of hydrogen-bond acceptors (Lipinski definition) is 6. The highest BCUT2D eigenvalue weighted by molar-refractivity contribution is 5.58. The van der Waals surface area contributed by atoms with E-state index in [9.17, 15) is 0 Å². The molecule has 0 amide bonds. The molecule has 0 bridgehead atoms. The second-order valence-electron chi connectivity index (χ2n) is 6.34. The first-order valence-corrected chi connectivity index (χ1v) is 8.92. The number of benzene rings is 3. The number of aryl methyl sites for hydroxylation is 2. The Balaban J connectivity index is 1.62. The normalized spacial score (nSPS) is 10.7. The summed E-state index contributed by atoms with van der Waals surface area (Å²) in [7, 11) is 3.31. The lowest BCUT2D eigenvalue weighted by Gasteiger charge is -2.12. The van der Waals surface area contributed by atoms with Crippen molar-refractivity contribution in [2.45, 2.75) is 13.8 Å². The lowest BCUT2D eigenvalue weighted by atomic mass is 10.2. The van der Waals surface area contributed by atoms with Gasteiger partial charge in [-0.3, -0.25) is 0 Å². The fourth-order valence-electron chi connectivity index (χ4n) is 2.64. The summed E-state index contributed by atoms with van der Waals surface area (Å²) in [6.45, 7) is 4.00. The molecule has 0 aliphatic carbocycles. The third-order valence-electron chi connectivity index (χ3n) is 4.30. The number of nitrogens with one attached hydrogen (secondary N) is 2. The molecule has 3 aromatic rings.